The number of benzene rings is 1. The summed E-state index contributed by atoms with van der Waals surface area (Å²) < 4.78 is 0.679. The topological polar surface area (TPSA) is 37.3 Å². The maximum absolute atomic E-state index is 11.4. The van der Waals surface area contributed by atoms with Crippen LogP contribution in [0.25, 0.3) is 0 Å². The third-order valence-electron chi connectivity index (χ3n) is 2.35. The zero-order valence-corrected chi connectivity index (χ0v) is 8.60. The van der Waals surface area contributed by atoms with Crippen molar-refractivity contribution in [2.45, 2.75) is 19.3 Å². The number of carbonyl (C=O) groups is 1. The summed E-state index contributed by atoms with van der Waals surface area (Å²) in [6.07, 6.45) is 2.38. The summed E-state index contributed by atoms with van der Waals surface area (Å²) >= 11 is 3.29. The highest BCUT2D eigenvalue weighted by Gasteiger charge is 2.20. The highest BCUT2D eigenvalue weighted by atomic mass is 79.9. The molecule has 1 N–H and O–H groups in total. The van der Waals surface area contributed by atoms with Gasteiger partial charge in [-0.05, 0) is 46.5 Å². The first kappa shape index (κ1) is 8.75. The number of aromatic hydroxyl groups is 1. The molecular weight excluding hydrogens is 232 g/mol. The van der Waals surface area contributed by atoms with Gasteiger partial charge in [-0.2, -0.15) is 0 Å². The van der Waals surface area contributed by atoms with Gasteiger partial charge in [0.25, 0.3) is 0 Å². The maximum Gasteiger partial charge on any atom is 0.163 e. The van der Waals surface area contributed by atoms with E-state index in [2.05, 4.69) is 15.9 Å². The van der Waals surface area contributed by atoms with Gasteiger partial charge in [-0.3, -0.25) is 4.79 Å². The van der Waals surface area contributed by atoms with Gasteiger partial charge in [-0.15, -0.1) is 0 Å². The summed E-state index contributed by atoms with van der Waals surface area (Å²) in [5, 5.41) is 9.40. The van der Waals surface area contributed by atoms with Crippen LogP contribution >= 0.6 is 15.9 Å². The average molecular weight is 241 g/mol. The molecule has 0 unspecified atom stereocenters. The van der Waals surface area contributed by atoms with Crippen LogP contribution in [0.1, 0.15) is 28.8 Å². The van der Waals surface area contributed by atoms with Crippen LogP contribution < -0.4 is 0 Å². The molecule has 68 valence electrons. The molecule has 1 aromatic rings. The molecular formula is C10H9BrO2. The van der Waals surface area contributed by atoms with Gasteiger partial charge in [0.1, 0.15) is 5.75 Å². The van der Waals surface area contributed by atoms with Crippen LogP contribution in [0.5, 0.6) is 5.75 Å². The number of rotatable bonds is 0. The third-order valence-corrected chi connectivity index (χ3v) is 3.24. The van der Waals surface area contributed by atoms with Gasteiger partial charge in [0.15, 0.2) is 5.78 Å². The Morgan fingerprint density at radius 2 is 2.08 bits per heavy atom. The molecule has 1 aliphatic carbocycles. The molecule has 0 amide bonds. The van der Waals surface area contributed by atoms with Crippen molar-refractivity contribution in [3.8, 4) is 5.75 Å². The van der Waals surface area contributed by atoms with Crippen molar-refractivity contribution in [1.29, 1.82) is 0 Å². The highest BCUT2D eigenvalue weighted by molar-refractivity contribution is 9.10. The van der Waals surface area contributed by atoms with E-state index in [0.717, 1.165) is 24.0 Å². The van der Waals surface area contributed by atoms with Crippen molar-refractivity contribution in [3.05, 3.63) is 27.7 Å². The van der Waals surface area contributed by atoms with Crippen molar-refractivity contribution in [3.63, 3.8) is 0 Å². The van der Waals surface area contributed by atoms with E-state index in [9.17, 15) is 9.90 Å². The lowest BCUT2D eigenvalue weighted by atomic mass is 9.90. The lowest BCUT2D eigenvalue weighted by Gasteiger charge is -2.16. The first-order valence-electron chi connectivity index (χ1n) is 4.23. The molecule has 1 aliphatic rings. The van der Waals surface area contributed by atoms with Crippen LogP contribution in [0, 0.1) is 0 Å². The second-order valence-corrected chi connectivity index (χ2v) is 3.99. The van der Waals surface area contributed by atoms with E-state index < -0.39 is 0 Å². The number of halogens is 1. The molecule has 0 saturated carbocycles. The van der Waals surface area contributed by atoms with Crippen LogP contribution in [0.4, 0.5) is 0 Å². The first-order chi connectivity index (χ1) is 6.20. The fraction of sp³-hybridized carbons (Fsp3) is 0.300. The Hall–Kier alpha value is -0.830. The minimum Gasteiger partial charge on any atom is -0.507 e. The molecule has 0 fully saturated rings. The number of carbonyl (C=O) groups excluding carboxylic acids is 1. The van der Waals surface area contributed by atoms with Crippen LogP contribution in [0.15, 0.2) is 16.6 Å². The molecule has 3 heteroatoms. The number of fused-ring (bicyclic) bond motifs is 1. The molecule has 1 aromatic carbocycles. The quantitative estimate of drug-likeness (QED) is 0.758. The minimum absolute atomic E-state index is 0.182. The zero-order chi connectivity index (χ0) is 9.42. The van der Waals surface area contributed by atoms with Crippen LogP contribution in [-0.4, -0.2) is 10.9 Å². The molecule has 13 heavy (non-hydrogen) atoms. The lowest BCUT2D eigenvalue weighted by molar-refractivity contribution is 0.0972. The van der Waals surface area contributed by atoms with E-state index >= 15 is 0 Å². The monoisotopic (exact) mass is 240 g/mol. The molecule has 0 atom stereocenters. The summed E-state index contributed by atoms with van der Waals surface area (Å²) in [4.78, 5) is 11.4. The van der Waals surface area contributed by atoms with E-state index in [0.29, 0.717) is 10.9 Å². The number of Topliss-reactive ketones (excluding diaryl/α,β-unsaturated/α-hetero) is 1. The summed E-state index contributed by atoms with van der Waals surface area (Å²) in [5.41, 5.74) is 1.71. The SMILES string of the molecule is O=C1CCCc2c1ccc(O)c2Br. The predicted molar refractivity (Wildman–Crippen MR) is 53.1 cm³/mol. The fourth-order valence-electron chi connectivity index (χ4n) is 1.67. The van der Waals surface area contributed by atoms with Gasteiger partial charge in [-0.1, -0.05) is 0 Å². The second-order valence-electron chi connectivity index (χ2n) is 3.20. The summed E-state index contributed by atoms with van der Waals surface area (Å²) in [6, 6.07) is 3.27. The van der Waals surface area contributed by atoms with Crippen LogP contribution in [-0.2, 0) is 6.42 Å². The molecule has 0 aliphatic heterocycles. The zero-order valence-electron chi connectivity index (χ0n) is 7.01. The van der Waals surface area contributed by atoms with Gasteiger partial charge < -0.3 is 5.11 Å². The molecule has 2 rings (SSSR count). The maximum atomic E-state index is 11.4. The van der Waals surface area contributed by atoms with E-state index in [-0.39, 0.29) is 11.5 Å². The Labute approximate surface area is 84.7 Å². The normalized spacial score (nSPS) is 15.6. The van der Waals surface area contributed by atoms with Gasteiger partial charge in [0.05, 0.1) is 4.47 Å². The summed E-state index contributed by atoms with van der Waals surface area (Å²) in [7, 11) is 0. The van der Waals surface area contributed by atoms with Gasteiger partial charge >= 0.3 is 0 Å². The Kier molecular flexibility index (Phi) is 2.12. The van der Waals surface area contributed by atoms with Crippen molar-refractivity contribution < 1.29 is 9.90 Å². The van der Waals surface area contributed by atoms with E-state index in [4.69, 9.17) is 0 Å². The Morgan fingerprint density at radius 3 is 2.85 bits per heavy atom. The molecule has 0 radical (unpaired) electrons. The first-order valence-corrected chi connectivity index (χ1v) is 5.03. The molecule has 0 heterocycles. The van der Waals surface area contributed by atoms with E-state index in [1.807, 2.05) is 0 Å². The van der Waals surface area contributed by atoms with Crippen molar-refractivity contribution >= 4 is 21.7 Å². The molecule has 0 spiro atoms. The summed E-state index contributed by atoms with van der Waals surface area (Å²) in [6.45, 7) is 0. The predicted octanol–water partition coefficient (Wildman–Crippen LogP) is 2.67. The Morgan fingerprint density at radius 1 is 1.31 bits per heavy atom. The fourth-order valence-corrected chi connectivity index (χ4v) is 2.22. The smallest absolute Gasteiger partial charge is 0.163 e. The molecule has 0 saturated heterocycles. The van der Waals surface area contributed by atoms with Crippen molar-refractivity contribution in [2.24, 2.45) is 0 Å². The molecule has 2 nitrogen and oxygen atoms in total. The number of phenolic OH excluding ortho intramolecular Hbond substituents is 1. The number of hydrogen-bond acceptors (Lipinski definition) is 2. The van der Waals surface area contributed by atoms with Gasteiger partial charge in [-0.25, -0.2) is 0 Å². The summed E-state index contributed by atoms with van der Waals surface area (Å²) in [5.74, 6) is 0.399. The van der Waals surface area contributed by atoms with E-state index in [1.54, 1.807) is 12.1 Å². The van der Waals surface area contributed by atoms with Crippen LogP contribution in [0.2, 0.25) is 0 Å². The molecule has 0 aromatic heterocycles. The van der Waals surface area contributed by atoms with Crippen LogP contribution in [0.3, 0.4) is 0 Å². The lowest BCUT2D eigenvalue weighted by Crippen LogP contribution is -2.10. The Bertz CT molecular complexity index is 371. The Balaban J connectivity index is 2.63. The van der Waals surface area contributed by atoms with Gasteiger partial charge in [0.2, 0.25) is 0 Å². The molecule has 0 bridgehead atoms. The number of ketones is 1. The van der Waals surface area contributed by atoms with Gasteiger partial charge in [0, 0.05) is 12.0 Å². The third kappa shape index (κ3) is 1.37. The number of phenols is 1. The van der Waals surface area contributed by atoms with E-state index in [1.165, 1.54) is 0 Å². The average Bonchev–Trinajstić information content (AvgIpc) is 2.12. The minimum atomic E-state index is 0.182. The second kappa shape index (κ2) is 3.14. The largest absolute Gasteiger partial charge is 0.507 e. The standard InChI is InChI=1S/C10H9BrO2/c11-10-7-2-1-3-8(12)6(7)4-5-9(10)13/h4-5,13H,1-3H2. The van der Waals surface area contributed by atoms with Crippen molar-refractivity contribution in [2.75, 3.05) is 0 Å². The number of hydrogen-bond donors (Lipinski definition) is 1. The highest BCUT2D eigenvalue weighted by Crippen LogP contribution is 2.34. The van der Waals surface area contributed by atoms with Crippen molar-refractivity contribution in [1.82, 2.24) is 0 Å².